The zero-order chi connectivity index (χ0) is 32.3. The zero-order valence-electron chi connectivity index (χ0n) is 25.1. The van der Waals surface area contributed by atoms with Crippen LogP contribution in [-0.2, 0) is 27.2 Å². The van der Waals surface area contributed by atoms with E-state index < -0.39 is 17.9 Å². The van der Waals surface area contributed by atoms with E-state index >= 15 is 0 Å². The number of anilines is 2. The van der Waals surface area contributed by atoms with Gasteiger partial charge >= 0.3 is 5.97 Å². The number of nitrogens with two attached hydrogens (primary N) is 2. The molecule has 0 spiro atoms. The number of ether oxygens (including phenoxy) is 1. The molecule has 2 aromatic carbocycles. The van der Waals surface area contributed by atoms with Gasteiger partial charge in [0, 0.05) is 32.6 Å². The number of methoxy groups -OCH3 is 1. The summed E-state index contributed by atoms with van der Waals surface area (Å²) in [6.45, 7) is 2.06. The standard InChI is InChI=1S/C31H38ClN9O4/c1-45-30(44)23-18-36-16-17-41(23)24(42)14-9-20-7-12-22(13-8-20)21-10-5-19(6-11-21)4-2-3-15-37-31(35)40-29(43)25-27(33)39-28(34)26(32)38-25/h5-8,10-13,23,36H,2-4,9,14-18H2,1H3,(H4,33,34,39)(H3,35,37,40,43)/t23-/m1/s1. The van der Waals surface area contributed by atoms with Gasteiger partial charge in [-0.25, -0.2) is 14.8 Å². The summed E-state index contributed by atoms with van der Waals surface area (Å²) < 4.78 is 4.86. The molecule has 0 radical (unpaired) electrons. The molecule has 2 amide bonds. The quantitative estimate of drug-likeness (QED) is 0.0784. The van der Waals surface area contributed by atoms with Crippen LogP contribution in [0.15, 0.2) is 48.5 Å². The van der Waals surface area contributed by atoms with Crippen LogP contribution in [0.25, 0.3) is 11.1 Å². The predicted octanol–water partition coefficient (Wildman–Crippen LogP) is 2.14. The van der Waals surface area contributed by atoms with E-state index in [-0.39, 0.29) is 34.3 Å². The van der Waals surface area contributed by atoms with E-state index in [1.54, 1.807) is 4.90 Å². The van der Waals surface area contributed by atoms with Crippen molar-refractivity contribution in [2.75, 3.05) is 44.8 Å². The molecule has 0 unspecified atom stereocenters. The lowest BCUT2D eigenvalue weighted by Crippen LogP contribution is -2.57. The number of amides is 2. The number of nitrogens with zero attached hydrogens (tertiary/aromatic N) is 3. The summed E-state index contributed by atoms with van der Waals surface area (Å²) in [6, 6.07) is 16.0. The summed E-state index contributed by atoms with van der Waals surface area (Å²) in [4.78, 5) is 46.4. The number of halogens is 1. The maximum Gasteiger partial charge on any atom is 0.329 e. The van der Waals surface area contributed by atoms with Gasteiger partial charge in [-0.15, -0.1) is 0 Å². The first-order valence-electron chi connectivity index (χ1n) is 14.6. The van der Waals surface area contributed by atoms with E-state index in [0.717, 1.165) is 36.0 Å². The molecule has 8 N–H and O–H groups in total. The molecule has 1 aliphatic heterocycles. The van der Waals surface area contributed by atoms with Crippen LogP contribution in [0.4, 0.5) is 11.6 Å². The van der Waals surface area contributed by atoms with Gasteiger partial charge in [0.05, 0.1) is 7.11 Å². The van der Waals surface area contributed by atoms with Crippen molar-refractivity contribution in [3.63, 3.8) is 0 Å². The number of hydrogen-bond acceptors (Lipinski definition) is 10. The van der Waals surface area contributed by atoms with Gasteiger partial charge in [0.15, 0.2) is 28.4 Å². The Hall–Kier alpha value is -4.75. The van der Waals surface area contributed by atoms with Crippen LogP contribution in [0.5, 0.6) is 0 Å². The fraction of sp³-hybridized carbons (Fsp3) is 0.355. The lowest BCUT2D eigenvalue weighted by atomic mass is 9.99. The first kappa shape index (κ1) is 33.1. The van der Waals surface area contributed by atoms with Crippen molar-refractivity contribution in [2.24, 2.45) is 0 Å². The summed E-state index contributed by atoms with van der Waals surface area (Å²) in [7, 11) is 1.34. The first-order valence-corrected chi connectivity index (χ1v) is 15.0. The van der Waals surface area contributed by atoms with E-state index in [9.17, 15) is 14.4 Å². The van der Waals surface area contributed by atoms with Crippen molar-refractivity contribution in [2.45, 2.75) is 38.1 Å². The number of carbonyl (C=O) groups excluding carboxylic acids is 3. The summed E-state index contributed by atoms with van der Waals surface area (Å²) in [5, 5.41) is 16.2. The summed E-state index contributed by atoms with van der Waals surface area (Å²) >= 11 is 5.81. The fourth-order valence-electron chi connectivity index (χ4n) is 4.97. The molecule has 0 saturated carbocycles. The molecule has 14 heteroatoms. The number of esters is 1. The fourth-order valence-corrected chi connectivity index (χ4v) is 5.09. The Morgan fingerprint density at radius 2 is 1.64 bits per heavy atom. The Morgan fingerprint density at radius 1 is 1.00 bits per heavy atom. The molecule has 13 nitrogen and oxygen atoms in total. The molecule has 2 heterocycles. The number of unbranched alkanes of at least 4 members (excludes halogenated alkanes) is 1. The Balaban J connectivity index is 1.17. The van der Waals surface area contributed by atoms with Gasteiger partial charge in [0.2, 0.25) is 5.91 Å². The number of carbonyl (C=O) groups is 3. The molecule has 238 valence electrons. The van der Waals surface area contributed by atoms with Crippen molar-refractivity contribution in [1.82, 2.24) is 30.8 Å². The van der Waals surface area contributed by atoms with Crippen molar-refractivity contribution in [3.8, 4) is 11.1 Å². The van der Waals surface area contributed by atoms with Crippen molar-refractivity contribution in [3.05, 3.63) is 70.5 Å². The van der Waals surface area contributed by atoms with Gasteiger partial charge in [0.25, 0.3) is 5.91 Å². The predicted molar refractivity (Wildman–Crippen MR) is 173 cm³/mol. The molecule has 1 atom stereocenters. The molecule has 1 fully saturated rings. The number of piperazine rings is 1. The van der Waals surface area contributed by atoms with Crippen LogP contribution in [0, 0.1) is 5.41 Å². The van der Waals surface area contributed by atoms with Crippen molar-refractivity contribution < 1.29 is 19.1 Å². The Labute approximate surface area is 266 Å². The van der Waals surface area contributed by atoms with E-state index in [2.05, 4.69) is 62.3 Å². The maximum absolute atomic E-state index is 12.8. The van der Waals surface area contributed by atoms with Gasteiger partial charge < -0.3 is 31.7 Å². The molecule has 3 aromatic rings. The Bertz CT molecular complexity index is 1520. The first-order chi connectivity index (χ1) is 21.7. The van der Waals surface area contributed by atoms with Gasteiger partial charge in [0.1, 0.15) is 6.04 Å². The maximum atomic E-state index is 12.8. The summed E-state index contributed by atoms with van der Waals surface area (Å²) in [6.07, 6.45) is 3.47. The number of benzene rings is 2. The monoisotopic (exact) mass is 635 g/mol. The number of aryl methyl sites for hydroxylation is 2. The number of hydrogen-bond donors (Lipinski definition) is 6. The molecule has 0 bridgehead atoms. The third-order valence-electron chi connectivity index (χ3n) is 7.46. The summed E-state index contributed by atoms with van der Waals surface area (Å²) in [5.74, 6) is -1.57. The molecule has 45 heavy (non-hydrogen) atoms. The minimum absolute atomic E-state index is 0.0478. The molecular weight excluding hydrogens is 598 g/mol. The molecule has 1 aliphatic rings. The summed E-state index contributed by atoms with van der Waals surface area (Å²) in [5.41, 5.74) is 15.4. The number of nitrogen functional groups attached to an aromatic ring is 2. The van der Waals surface area contributed by atoms with Crippen LogP contribution in [0.1, 0.15) is 40.9 Å². The number of guanidine groups is 1. The van der Waals surface area contributed by atoms with Crippen molar-refractivity contribution >= 4 is 47.0 Å². The molecule has 1 aromatic heterocycles. The highest BCUT2D eigenvalue weighted by molar-refractivity contribution is 6.31. The van der Waals surface area contributed by atoms with Crippen LogP contribution >= 0.6 is 11.6 Å². The highest BCUT2D eigenvalue weighted by Gasteiger charge is 2.32. The van der Waals surface area contributed by atoms with Gasteiger partial charge in [-0.3, -0.25) is 20.3 Å². The number of aromatic nitrogens is 2. The minimum atomic E-state index is -0.704. The second-order valence-electron chi connectivity index (χ2n) is 10.6. The lowest BCUT2D eigenvalue weighted by Gasteiger charge is -2.34. The minimum Gasteiger partial charge on any atom is -0.467 e. The average molecular weight is 636 g/mol. The molecule has 1 saturated heterocycles. The second-order valence-corrected chi connectivity index (χ2v) is 10.9. The average Bonchev–Trinajstić information content (AvgIpc) is 3.05. The van der Waals surface area contributed by atoms with Gasteiger partial charge in [-0.05, 0) is 47.9 Å². The van der Waals surface area contributed by atoms with Crippen LogP contribution < -0.4 is 27.4 Å². The van der Waals surface area contributed by atoms with E-state index in [0.29, 0.717) is 39.0 Å². The Morgan fingerprint density at radius 3 is 2.29 bits per heavy atom. The lowest BCUT2D eigenvalue weighted by molar-refractivity contribution is -0.153. The van der Waals surface area contributed by atoms with Gasteiger partial charge in [-0.2, -0.15) is 0 Å². The number of nitrogens with one attached hydrogen (secondary N) is 4. The van der Waals surface area contributed by atoms with Crippen molar-refractivity contribution in [1.29, 1.82) is 5.41 Å². The Kier molecular flexibility index (Phi) is 11.7. The highest BCUT2D eigenvalue weighted by Crippen LogP contribution is 2.22. The van der Waals surface area contributed by atoms with Crippen LogP contribution in [0.2, 0.25) is 5.15 Å². The van der Waals surface area contributed by atoms with Crippen LogP contribution in [0.3, 0.4) is 0 Å². The van der Waals surface area contributed by atoms with Gasteiger partial charge in [-0.1, -0.05) is 60.1 Å². The van der Waals surface area contributed by atoms with Crippen LogP contribution in [-0.4, -0.2) is 77.9 Å². The zero-order valence-corrected chi connectivity index (χ0v) is 25.8. The number of rotatable bonds is 11. The third-order valence-corrected chi connectivity index (χ3v) is 7.74. The van der Waals surface area contributed by atoms with E-state index in [1.165, 1.54) is 12.7 Å². The largest absolute Gasteiger partial charge is 0.467 e. The highest BCUT2D eigenvalue weighted by atomic mass is 35.5. The molecule has 4 rings (SSSR count). The smallest absolute Gasteiger partial charge is 0.329 e. The third kappa shape index (κ3) is 9.13. The normalized spacial score (nSPS) is 14.4. The molecular formula is C31H38ClN9O4. The SMILES string of the molecule is COC(=O)[C@H]1CNCCN1C(=O)CCc1ccc(-c2ccc(CCCCNC(=N)NC(=O)c3nc(Cl)c(N)nc3N)cc2)cc1. The van der Waals surface area contributed by atoms with E-state index in [4.69, 9.17) is 33.2 Å². The topological polar surface area (TPSA) is 201 Å². The second kappa shape index (κ2) is 15.8. The van der Waals surface area contributed by atoms with E-state index in [1.807, 2.05) is 12.1 Å². The molecule has 0 aliphatic carbocycles.